The van der Waals surface area contributed by atoms with Gasteiger partial charge in [-0.3, -0.25) is 0 Å². The molecule has 0 saturated carbocycles. The first-order chi connectivity index (χ1) is 13.6. The Morgan fingerprint density at radius 1 is 1.04 bits per heavy atom. The number of fused-ring (bicyclic) bond motifs is 1. The molecule has 3 rings (SSSR count). The number of nitrogens with zero attached hydrogens (tertiary/aromatic N) is 1. The maximum absolute atomic E-state index is 11.3. The maximum atomic E-state index is 11.3. The Morgan fingerprint density at radius 3 is 2.43 bits per heavy atom. The third-order valence-corrected chi connectivity index (χ3v) is 5.48. The van der Waals surface area contributed by atoms with E-state index in [-0.39, 0.29) is 0 Å². The lowest BCUT2D eigenvalue weighted by molar-refractivity contribution is -0.140. The van der Waals surface area contributed by atoms with Crippen molar-refractivity contribution < 1.29 is 14.4 Å². The Kier molecular flexibility index (Phi) is 6.95. The average molecular weight is 414 g/mol. The molecule has 0 heterocycles. The van der Waals surface area contributed by atoms with E-state index >= 15 is 0 Å². The highest BCUT2D eigenvalue weighted by Crippen LogP contribution is 2.29. The molecule has 28 heavy (non-hydrogen) atoms. The van der Waals surface area contributed by atoms with Crippen LogP contribution in [0.1, 0.15) is 18.9 Å². The van der Waals surface area contributed by atoms with Crippen molar-refractivity contribution in [2.75, 3.05) is 12.9 Å². The minimum Gasteiger partial charge on any atom is -0.497 e. The zero-order chi connectivity index (χ0) is 19.9. The molecule has 0 radical (unpaired) electrons. The molecule has 0 aliphatic carbocycles. The average Bonchev–Trinajstić information content (AvgIpc) is 2.72. The maximum Gasteiger partial charge on any atom is 0.331 e. The Labute approximate surface area is 173 Å². The van der Waals surface area contributed by atoms with E-state index in [0.29, 0.717) is 17.2 Å². The largest absolute Gasteiger partial charge is 0.497 e. The minimum atomic E-state index is -0.446. The number of oxime groups is 1. The number of methoxy groups -OCH3 is 1. The zero-order valence-electron chi connectivity index (χ0n) is 15.6. The molecule has 3 aromatic rings. The molecule has 4 nitrogen and oxygen atoms in total. The molecule has 0 amide bonds. The first kappa shape index (κ1) is 20.2. The summed E-state index contributed by atoms with van der Waals surface area (Å²) in [6.07, 6.45) is 0.635. The highest BCUT2D eigenvalue weighted by Gasteiger charge is 2.12. The topological polar surface area (TPSA) is 47.9 Å². The van der Waals surface area contributed by atoms with Crippen molar-refractivity contribution in [2.24, 2.45) is 5.16 Å². The summed E-state index contributed by atoms with van der Waals surface area (Å²) in [6.45, 7) is 1.34. The predicted octanol–water partition coefficient (Wildman–Crippen LogP) is 5.95. The summed E-state index contributed by atoms with van der Waals surface area (Å²) in [5.41, 5.74) is 1.63. The second-order valence-electron chi connectivity index (χ2n) is 6.04. The second-order valence-corrected chi connectivity index (χ2v) is 7.61. The van der Waals surface area contributed by atoms with E-state index in [9.17, 15) is 4.79 Å². The second kappa shape index (κ2) is 9.62. The summed E-state index contributed by atoms with van der Waals surface area (Å²) in [7, 11) is 1.65. The molecule has 0 bridgehead atoms. The van der Waals surface area contributed by atoms with E-state index in [1.165, 1.54) is 6.92 Å². The van der Waals surface area contributed by atoms with Crippen LogP contribution in [0.3, 0.4) is 0 Å². The SMILES string of the molecule is COc1ccc(SCC/C(=N/OC(C)=O)c2ccc(Cl)c3ccccc23)cc1. The Balaban J connectivity index is 1.83. The van der Waals surface area contributed by atoms with Crippen LogP contribution in [0.2, 0.25) is 5.02 Å². The van der Waals surface area contributed by atoms with E-state index in [1.54, 1.807) is 18.9 Å². The molecule has 3 aromatic carbocycles. The van der Waals surface area contributed by atoms with Gasteiger partial charge in [-0.05, 0) is 35.7 Å². The van der Waals surface area contributed by atoms with Crippen molar-refractivity contribution in [3.8, 4) is 5.75 Å². The molecule has 0 N–H and O–H groups in total. The third-order valence-electron chi connectivity index (χ3n) is 4.13. The van der Waals surface area contributed by atoms with Crippen LogP contribution in [-0.2, 0) is 9.63 Å². The van der Waals surface area contributed by atoms with Crippen LogP contribution < -0.4 is 4.74 Å². The number of benzene rings is 3. The molecule has 0 atom stereocenters. The van der Waals surface area contributed by atoms with Gasteiger partial charge >= 0.3 is 5.97 Å². The van der Waals surface area contributed by atoms with Gasteiger partial charge in [-0.25, -0.2) is 4.79 Å². The first-order valence-electron chi connectivity index (χ1n) is 8.77. The molecule has 0 aliphatic heterocycles. The highest BCUT2D eigenvalue weighted by atomic mass is 35.5. The fourth-order valence-corrected chi connectivity index (χ4v) is 3.89. The van der Waals surface area contributed by atoms with Gasteiger partial charge in [0, 0.05) is 40.0 Å². The van der Waals surface area contributed by atoms with Crippen LogP contribution in [0.15, 0.2) is 70.7 Å². The first-order valence-corrected chi connectivity index (χ1v) is 10.1. The van der Waals surface area contributed by atoms with Crippen molar-refractivity contribution in [1.29, 1.82) is 0 Å². The lowest BCUT2D eigenvalue weighted by Gasteiger charge is -2.11. The van der Waals surface area contributed by atoms with Gasteiger partial charge in [-0.15, -0.1) is 11.8 Å². The predicted molar refractivity (Wildman–Crippen MR) is 116 cm³/mol. The van der Waals surface area contributed by atoms with Gasteiger partial charge in [0.25, 0.3) is 0 Å². The number of thioether (sulfide) groups is 1. The molecule has 0 unspecified atom stereocenters. The van der Waals surface area contributed by atoms with Gasteiger partial charge in [0.05, 0.1) is 12.8 Å². The molecule has 0 aliphatic rings. The summed E-state index contributed by atoms with van der Waals surface area (Å²) in [4.78, 5) is 17.4. The van der Waals surface area contributed by atoms with Gasteiger partial charge in [-0.1, -0.05) is 47.1 Å². The van der Waals surface area contributed by atoms with Crippen LogP contribution in [0.5, 0.6) is 5.75 Å². The van der Waals surface area contributed by atoms with Crippen LogP contribution in [0.25, 0.3) is 10.8 Å². The van der Waals surface area contributed by atoms with Gasteiger partial charge in [-0.2, -0.15) is 0 Å². The summed E-state index contributed by atoms with van der Waals surface area (Å²) in [5, 5.41) is 6.73. The van der Waals surface area contributed by atoms with Crippen molar-refractivity contribution in [3.05, 3.63) is 71.2 Å². The van der Waals surface area contributed by atoms with Crippen molar-refractivity contribution >= 4 is 45.8 Å². The molecular weight excluding hydrogens is 394 g/mol. The zero-order valence-corrected chi connectivity index (χ0v) is 17.2. The number of halogens is 1. The van der Waals surface area contributed by atoms with Crippen LogP contribution in [0, 0.1) is 0 Å². The number of carbonyl (C=O) groups is 1. The lowest BCUT2D eigenvalue weighted by Crippen LogP contribution is -2.06. The molecule has 6 heteroatoms. The van der Waals surface area contributed by atoms with Crippen molar-refractivity contribution in [1.82, 2.24) is 0 Å². The van der Waals surface area contributed by atoms with E-state index < -0.39 is 5.97 Å². The van der Waals surface area contributed by atoms with Gasteiger partial charge in [0.15, 0.2) is 0 Å². The van der Waals surface area contributed by atoms with E-state index in [0.717, 1.165) is 32.7 Å². The normalized spacial score (nSPS) is 11.5. The van der Waals surface area contributed by atoms with Crippen molar-refractivity contribution in [2.45, 2.75) is 18.2 Å². The summed E-state index contributed by atoms with van der Waals surface area (Å²) < 4.78 is 5.19. The smallest absolute Gasteiger partial charge is 0.331 e. The molecule has 0 spiro atoms. The summed E-state index contributed by atoms with van der Waals surface area (Å²) in [6, 6.07) is 19.5. The van der Waals surface area contributed by atoms with Crippen LogP contribution in [-0.4, -0.2) is 24.5 Å². The Hall–Kier alpha value is -2.50. The number of rotatable bonds is 7. The highest BCUT2D eigenvalue weighted by molar-refractivity contribution is 7.99. The van der Waals surface area contributed by atoms with E-state index in [1.807, 2.05) is 60.7 Å². The Bertz CT molecular complexity index is 1000. The van der Waals surface area contributed by atoms with Gasteiger partial charge < -0.3 is 9.57 Å². The molecule has 0 aromatic heterocycles. The van der Waals surface area contributed by atoms with Crippen molar-refractivity contribution in [3.63, 3.8) is 0 Å². The monoisotopic (exact) mass is 413 g/mol. The van der Waals surface area contributed by atoms with E-state index in [2.05, 4.69) is 5.16 Å². The number of hydrogen-bond acceptors (Lipinski definition) is 5. The van der Waals surface area contributed by atoms with Crippen LogP contribution >= 0.6 is 23.4 Å². The molecular formula is C22H20ClNO3S. The lowest BCUT2D eigenvalue weighted by atomic mass is 9.99. The number of carbonyl (C=O) groups excluding carboxylic acids is 1. The molecule has 0 fully saturated rings. The Morgan fingerprint density at radius 2 is 1.75 bits per heavy atom. The minimum absolute atomic E-state index is 0.446. The van der Waals surface area contributed by atoms with Gasteiger partial charge in [0.2, 0.25) is 0 Å². The number of ether oxygens (including phenoxy) is 1. The number of hydrogen-bond donors (Lipinski definition) is 0. The summed E-state index contributed by atoms with van der Waals surface area (Å²) >= 11 is 8.03. The molecule has 0 saturated heterocycles. The fraction of sp³-hybridized carbons (Fsp3) is 0.182. The van der Waals surface area contributed by atoms with Gasteiger partial charge in [0.1, 0.15) is 5.75 Å². The van der Waals surface area contributed by atoms with Crippen LogP contribution in [0.4, 0.5) is 0 Å². The quantitative estimate of drug-likeness (QED) is 0.208. The summed E-state index contributed by atoms with van der Waals surface area (Å²) in [5.74, 6) is 1.16. The van der Waals surface area contributed by atoms with E-state index in [4.69, 9.17) is 21.2 Å². The fourth-order valence-electron chi connectivity index (χ4n) is 2.80. The third kappa shape index (κ3) is 5.06. The molecule has 144 valence electrons. The standard InChI is InChI=1S/C22H20ClNO3S/c1-15(25)27-24-22(13-14-28-17-9-7-16(26-2)8-10-17)20-11-12-21(23)19-6-4-3-5-18(19)20/h3-12H,13-14H2,1-2H3/b24-22-.